The SMILES string of the molecule is Nc1ncc(F)cc1C(=O)Nc1nccnn1. The number of nitrogens with one attached hydrogen (secondary N) is 1. The molecule has 0 aromatic carbocycles. The van der Waals surface area contributed by atoms with E-state index in [4.69, 9.17) is 5.73 Å². The van der Waals surface area contributed by atoms with E-state index in [9.17, 15) is 9.18 Å². The summed E-state index contributed by atoms with van der Waals surface area (Å²) in [6, 6.07) is 0.980. The summed E-state index contributed by atoms with van der Waals surface area (Å²) in [6.45, 7) is 0. The Morgan fingerprint density at radius 2 is 2.18 bits per heavy atom. The molecule has 7 nitrogen and oxygen atoms in total. The van der Waals surface area contributed by atoms with Crippen molar-refractivity contribution in [2.45, 2.75) is 0 Å². The van der Waals surface area contributed by atoms with Gasteiger partial charge in [0.2, 0.25) is 5.95 Å². The number of pyridine rings is 1. The number of carbonyl (C=O) groups excluding carboxylic acids is 1. The van der Waals surface area contributed by atoms with E-state index in [2.05, 4.69) is 25.5 Å². The van der Waals surface area contributed by atoms with Crippen LogP contribution in [0, 0.1) is 5.82 Å². The van der Waals surface area contributed by atoms with Crippen molar-refractivity contribution < 1.29 is 9.18 Å². The van der Waals surface area contributed by atoms with Crippen molar-refractivity contribution in [3.63, 3.8) is 0 Å². The first-order chi connectivity index (χ1) is 8.16. The molecular formula is C9H7FN6O. The lowest BCUT2D eigenvalue weighted by molar-refractivity contribution is 0.102. The van der Waals surface area contributed by atoms with E-state index in [1.54, 1.807) is 0 Å². The topological polar surface area (TPSA) is 107 Å². The Labute approximate surface area is 94.9 Å². The second-order valence-electron chi connectivity index (χ2n) is 3.01. The van der Waals surface area contributed by atoms with Gasteiger partial charge in [0.1, 0.15) is 11.6 Å². The molecule has 0 radical (unpaired) electrons. The molecule has 0 aliphatic carbocycles. The monoisotopic (exact) mass is 234 g/mol. The van der Waals surface area contributed by atoms with E-state index in [0.717, 1.165) is 12.3 Å². The number of hydrogen-bond acceptors (Lipinski definition) is 6. The summed E-state index contributed by atoms with van der Waals surface area (Å²) in [6.07, 6.45) is 3.64. The molecule has 0 aliphatic rings. The Morgan fingerprint density at radius 3 is 2.88 bits per heavy atom. The van der Waals surface area contributed by atoms with Crippen molar-refractivity contribution in [3.8, 4) is 0 Å². The van der Waals surface area contributed by atoms with E-state index < -0.39 is 11.7 Å². The quantitative estimate of drug-likeness (QED) is 0.770. The van der Waals surface area contributed by atoms with Crippen LogP contribution in [0.1, 0.15) is 10.4 Å². The van der Waals surface area contributed by atoms with Crippen molar-refractivity contribution in [2.24, 2.45) is 0 Å². The van der Waals surface area contributed by atoms with Crippen LogP contribution < -0.4 is 11.1 Å². The van der Waals surface area contributed by atoms with Gasteiger partial charge in [0.15, 0.2) is 0 Å². The second kappa shape index (κ2) is 4.47. The fourth-order valence-electron chi connectivity index (χ4n) is 1.11. The van der Waals surface area contributed by atoms with Gasteiger partial charge in [-0.15, -0.1) is 5.10 Å². The number of aromatic nitrogens is 4. The van der Waals surface area contributed by atoms with E-state index in [-0.39, 0.29) is 17.3 Å². The molecule has 2 aromatic rings. The fourth-order valence-corrected chi connectivity index (χ4v) is 1.11. The predicted octanol–water partition coefficient (Wildman–Crippen LogP) is 0.240. The molecule has 86 valence electrons. The lowest BCUT2D eigenvalue weighted by Gasteiger charge is -2.04. The highest BCUT2D eigenvalue weighted by Gasteiger charge is 2.13. The number of nitrogen functional groups attached to an aromatic ring is 1. The van der Waals surface area contributed by atoms with Crippen molar-refractivity contribution in [1.82, 2.24) is 20.2 Å². The first kappa shape index (κ1) is 10.9. The molecule has 17 heavy (non-hydrogen) atoms. The normalized spacial score (nSPS) is 9.94. The lowest BCUT2D eigenvalue weighted by Crippen LogP contribution is -2.17. The summed E-state index contributed by atoms with van der Waals surface area (Å²) >= 11 is 0. The van der Waals surface area contributed by atoms with Crippen LogP contribution in [0.2, 0.25) is 0 Å². The minimum absolute atomic E-state index is 0.00108. The van der Waals surface area contributed by atoms with Crippen LogP contribution >= 0.6 is 0 Å². The van der Waals surface area contributed by atoms with Gasteiger partial charge in [-0.2, -0.15) is 5.10 Å². The Hall–Kier alpha value is -2.64. The number of rotatable bonds is 2. The average molecular weight is 234 g/mol. The summed E-state index contributed by atoms with van der Waals surface area (Å²) in [7, 11) is 0. The molecule has 2 aromatic heterocycles. The number of carbonyl (C=O) groups is 1. The second-order valence-corrected chi connectivity index (χ2v) is 3.01. The first-order valence-corrected chi connectivity index (χ1v) is 4.53. The number of amides is 1. The fraction of sp³-hybridized carbons (Fsp3) is 0. The number of halogens is 1. The largest absolute Gasteiger partial charge is 0.383 e. The van der Waals surface area contributed by atoms with Crippen LogP contribution in [0.5, 0.6) is 0 Å². The third-order valence-electron chi connectivity index (χ3n) is 1.84. The zero-order valence-corrected chi connectivity index (χ0v) is 8.46. The van der Waals surface area contributed by atoms with Crippen LogP contribution in [-0.2, 0) is 0 Å². The molecule has 0 unspecified atom stereocenters. The van der Waals surface area contributed by atoms with Gasteiger partial charge in [0.25, 0.3) is 5.91 Å². The van der Waals surface area contributed by atoms with Crippen molar-refractivity contribution in [3.05, 3.63) is 36.0 Å². The van der Waals surface area contributed by atoms with Gasteiger partial charge in [0, 0.05) is 0 Å². The minimum Gasteiger partial charge on any atom is -0.383 e. The maximum atomic E-state index is 12.9. The van der Waals surface area contributed by atoms with Gasteiger partial charge in [-0.1, -0.05) is 0 Å². The van der Waals surface area contributed by atoms with Crippen LogP contribution in [0.25, 0.3) is 0 Å². The maximum Gasteiger partial charge on any atom is 0.261 e. The summed E-state index contributed by atoms with van der Waals surface area (Å²) in [5.41, 5.74) is 5.36. The Balaban J connectivity index is 2.23. The third kappa shape index (κ3) is 2.48. The van der Waals surface area contributed by atoms with Crippen molar-refractivity contribution >= 4 is 17.7 Å². The molecule has 2 heterocycles. The molecule has 0 bridgehead atoms. The Kier molecular flexibility index (Phi) is 2.86. The predicted molar refractivity (Wildman–Crippen MR) is 56.4 cm³/mol. The van der Waals surface area contributed by atoms with E-state index in [1.165, 1.54) is 12.4 Å². The van der Waals surface area contributed by atoms with E-state index in [0.29, 0.717) is 0 Å². The highest BCUT2D eigenvalue weighted by atomic mass is 19.1. The lowest BCUT2D eigenvalue weighted by atomic mass is 10.2. The standard InChI is InChI=1S/C9H7FN6O/c10-5-3-6(7(11)13-4-5)8(17)15-9-12-1-2-14-16-9/h1-4H,(H2,11,13)(H,12,15,16,17). The molecule has 1 amide bonds. The molecule has 0 fully saturated rings. The number of nitrogens with zero attached hydrogens (tertiary/aromatic N) is 4. The van der Waals surface area contributed by atoms with Gasteiger partial charge in [-0.3, -0.25) is 10.1 Å². The molecule has 2 rings (SSSR count). The van der Waals surface area contributed by atoms with Crippen molar-refractivity contribution in [2.75, 3.05) is 11.1 Å². The van der Waals surface area contributed by atoms with Crippen LogP contribution in [-0.4, -0.2) is 26.1 Å². The van der Waals surface area contributed by atoms with Gasteiger partial charge >= 0.3 is 0 Å². The first-order valence-electron chi connectivity index (χ1n) is 4.53. The van der Waals surface area contributed by atoms with Gasteiger partial charge in [-0.05, 0) is 6.07 Å². The Morgan fingerprint density at radius 1 is 1.35 bits per heavy atom. The molecule has 0 aliphatic heterocycles. The molecule has 0 saturated heterocycles. The number of hydrogen-bond donors (Lipinski definition) is 2. The minimum atomic E-state index is -0.656. The smallest absolute Gasteiger partial charge is 0.261 e. The van der Waals surface area contributed by atoms with Crippen molar-refractivity contribution in [1.29, 1.82) is 0 Å². The average Bonchev–Trinajstić information content (AvgIpc) is 2.33. The summed E-state index contributed by atoms with van der Waals surface area (Å²) < 4.78 is 12.9. The van der Waals surface area contributed by atoms with Crippen LogP contribution in [0.3, 0.4) is 0 Å². The van der Waals surface area contributed by atoms with E-state index >= 15 is 0 Å². The van der Waals surface area contributed by atoms with Crippen LogP contribution in [0.15, 0.2) is 24.7 Å². The maximum absolute atomic E-state index is 12.9. The van der Waals surface area contributed by atoms with Gasteiger partial charge in [-0.25, -0.2) is 14.4 Å². The highest BCUT2D eigenvalue weighted by molar-refractivity contribution is 6.06. The number of anilines is 2. The third-order valence-corrected chi connectivity index (χ3v) is 1.84. The molecule has 0 atom stereocenters. The summed E-state index contributed by atoms with van der Waals surface area (Å²) in [5, 5.41) is 9.39. The number of nitrogens with two attached hydrogens (primary N) is 1. The molecule has 3 N–H and O–H groups in total. The molecule has 8 heteroatoms. The summed E-state index contributed by atoms with van der Waals surface area (Å²) in [5.74, 6) is -1.38. The van der Waals surface area contributed by atoms with Gasteiger partial charge < -0.3 is 5.73 Å². The zero-order valence-electron chi connectivity index (χ0n) is 8.46. The van der Waals surface area contributed by atoms with Crippen LogP contribution in [0.4, 0.5) is 16.2 Å². The van der Waals surface area contributed by atoms with E-state index in [1.807, 2.05) is 0 Å². The Bertz CT molecular complexity index is 546. The summed E-state index contributed by atoms with van der Waals surface area (Å²) in [4.78, 5) is 18.9. The molecule has 0 spiro atoms. The zero-order chi connectivity index (χ0) is 12.3. The molecule has 0 saturated carbocycles. The molecular weight excluding hydrogens is 227 g/mol. The highest BCUT2D eigenvalue weighted by Crippen LogP contribution is 2.11. The van der Waals surface area contributed by atoms with Gasteiger partial charge in [0.05, 0.1) is 24.2 Å².